The topological polar surface area (TPSA) is 123 Å². The third-order valence-corrected chi connectivity index (χ3v) is 5.29. The molecule has 0 spiro atoms. The van der Waals surface area contributed by atoms with Crippen molar-refractivity contribution >= 4 is 46.9 Å². The summed E-state index contributed by atoms with van der Waals surface area (Å²) < 4.78 is 5.71. The minimum absolute atomic E-state index is 0.0498. The van der Waals surface area contributed by atoms with Crippen LogP contribution in [-0.2, 0) is 16.6 Å². The molecule has 10 nitrogen and oxygen atoms in total. The summed E-state index contributed by atoms with van der Waals surface area (Å²) in [6.45, 7) is 1.52. The molecule has 2 aromatic rings. The van der Waals surface area contributed by atoms with Gasteiger partial charge in [0.1, 0.15) is 12.4 Å². The van der Waals surface area contributed by atoms with Crippen LogP contribution in [-0.4, -0.2) is 59.1 Å². The van der Waals surface area contributed by atoms with E-state index in [1.807, 2.05) is 0 Å². The number of carbonyl (C=O) groups excluding carboxylic acids is 3. The largest absolute Gasteiger partial charge is 0.468 e. The number of benzene rings is 1. The zero-order valence-electron chi connectivity index (χ0n) is 18.3. The summed E-state index contributed by atoms with van der Waals surface area (Å²) in [5.74, 6) is -0.796. The van der Waals surface area contributed by atoms with Crippen LogP contribution in [0.5, 0.6) is 0 Å². The van der Waals surface area contributed by atoms with E-state index in [1.54, 1.807) is 30.1 Å². The van der Waals surface area contributed by atoms with Gasteiger partial charge in [0, 0.05) is 26.3 Å². The number of hydrogen-bond acceptors (Lipinski definition) is 6. The summed E-state index contributed by atoms with van der Waals surface area (Å²) in [6, 6.07) is 6.08. The van der Waals surface area contributed by atoms with Gasteiger partial charge in [-0.05, 0) is 37.5 Å². The lowest BCUT2D eigenvalue weighted by molar-refractivity contribution is -0.139. The van der Waals surface area contributed by atoms with E-state index in [9.17, 15) is 19.2 Å². The van der Waals surface area contributed by atoms with Crippen LogP contribution < -0.4 is 16.3 Å². The Morgan fingerprint density at radius 1 is 1.09 bits per heavy atom. The Labute approximate surface area is 200 Å². The third kappa shape index (κ3) is 8.07. The van der Waals surface area contributed by atoms with Gasteiger partial charge in [-0.25, -0.2) is 9.59 Å². The fourth-order valence-corrected chi connectivity index (χ4v) is 3.43. The highest BCUT2D eigenvalue weighted by atomic mass is 35.5. The van der Waals surface area contributed by atoms with Crippen LogP contribution >= 0.6 is 23.2 Å². The lowest BCUT2D eigenvalue weighted by Crippen LogP contribution is -2.44. The molecule has 1 fully saturated rings. The zero-order valence-corrected chi connectivity index (χ0v) is 19.8. The molecule has 3 rings (SSSR count). The normalized spacial score (nSPS) is 12.8. The van der Waals surface area contributed by atoms with Crippen LogP contribution in [0, 0.1) is 0 Å². The molecule has 0 atom stereocenters. The number of methoxy groups -OCH3 is 1. The van der Waals surface area contributed by atoms with Crippen LogP contribution in [0.15, 0.2) is 35.3 Å². The minimum atomic E-state index is -0.517. The molecular formula is C21H25Cl2N5O5. The van der Waals surface area contributed by atoms with E-state index in [1.165, 1.54) is 30.4 Å². The maximum absolute atomic E-state index is 12.0. The number of halogens is 2. The van der Waals surface area contributed by atoms with Gasteiger partial charge in [-0.3, -0.25) is 9.59 Å². The molecule has 1 aliphatic heterocycles. The van der Waals surface area contributed by atoms with Gasteiger partial charge in [0.15, 0.2) is 0 Å². The summed E-state index contributed by atoms with van der Waals surface area (Å²) in [5, 5.41) is 5.45. The lowest BCUT2D eigenvalue weighted by Gasteiger charge is -2.26. The van der Waals surface area contributed by atoms with E-state index in [4.69, 9.17) is 23.2 Å². The Kier molecular flexibility index (Phi) is 10.1. The number of ether oxygens (including phenoxy) is 1. The van der Waals surface area contributed by atoms with Gasteiger partial charge in [-0.1, -0.05) is 29.3 Å². The average Bonchev–Trinajstić information content (AvgIpc) is 2.80. The predicted molar refractivity (Wildman–Crippen MR) is 125 cm³/mol. The molecule has 33 heavy (non-hydrogen) atoms. The molecule has 0 saturated carbocycles. The van der Waals surface area contributed by atoms with Crippen molar-refractivity contribution in [3.05, 3.63) is 56.6 Å². The number of amides is 3. The van der Waals surface area contributed by atoms with Crippen molar-refractivity contribution < 1.29 is 19.1 Å². The maximum atomic E-state index is 12.0. The molecule has 0 bridgehead atoms. The van der Waals surface area contributed by atoms with Crippen LogP contribution in [0.25, 0.3) is 0 Å². The highest BCUT2D eigenvalue weighted by Crippen LogP contribution is 2.24. The number of aromatic nitrogens is 2. The summed E-state index contributed by atoms with van der Waals surface area (Å²) in [6.07, 6.45) is 4.78. The van der Waals surface area contributed by atoms with Gasteiger partial charge in [0.2, 0.25) is 0 Å². The number of rotatable bonds is 4. The number of esters is 1. The number of urea groups is 1. The number of aryl methyl sites for hydroxylation is 1. The number of likely N-dealkylation sites (tertiary alicyclic amines) is 1. The second-order valence-corrected chi connectivity index (χ2v) is 7.85. The van der Waals surface area contributed by atoms with Gasteiger partial charge in [-0.15, -0.1) is 0 Å². The van der Waals surface area contributed by atoms with Crippen molar-refractivity contribution in [3.63, 3.8) is 0 Å². The molecule has 0 unspecified atom stereocenters. The number of nitrogens with zero attached hydrogens (tertiary/aromatic N) is 3. The molecule has 3 amide bonds. The van der Waals surface area contributed by atoms with Crippen molar-refractivity contribution in [2.24, 2.45) is 7.05 Å². The highest BCUT2D eigenvalue weighted by molar-refractivity contribution is 6.40. The second kappa shape index (κ2) is 12.8. The smallest absolute Gasteiger partial charge is 0.349 e. The molecule has 1 aromatic heterocycles. The number of piperidine rings is 1. The molecular weight excluding hydrogens is 473 g/mol. The first-order valence-electron chi connectivity index (χ1n) is 10.1. The Morgan fingerprint density at radius 2 is 1.73 bits per heavy atom. The van der Waals surface area contributed by atoms with Gasteiger partial charge < -0.3 is 24.8 Å². The summed E-state index contributed by atoms with van der Waals surface area (Å²) in [7, 11) is 2.86. The quantitative estimate of drug-likeness (QED) is 0.625. The van der Waals surface area contributed by atoms with Crippen molar-refractivity contribution in [1.82, 2.24) is 19.8 Å². The van der Waals surface area contributed by atoms with Crippen LogP contribution in [0.2, 0.25) is 10.0 Å². The van der Waals surface area contributed by atoms with Crippen molar-refractivity contribution in [1.29, 1.82) is 0 Å². The molecule has 1 saturated heterocycles. The first kappa shape index (κ1) is 26.1. The van der Waals surface area contributed by atoms with Crippen LogP contribution in [0.1, 0.15) is 29.6 Å². The monoisotopic (exact) mass is 497 g/mol. The number of anilines is 1. The average molecular weight is 498 g/mol. The maximum Gasteiger partial charge on any atom is 0.349 e. The Morgan fingerprint density at radius 3 is 2.30 bits per heavy atom. The number of nitrogens with one attached hydrogen (secondary N) is 2. The van der Waals surface area contributed by atoms with Gasteiger partial charge in [0.25, 0.3) is 5.91 Å². The second-order valence-electron chi connectivity index (χ2n) is 7.04. The fraction of sp³-hybridized carbons (Fsp3) is 0.381. The molecule has 2 heterocycles. The third-order valence-electron chi connectivity index (χ3n) is 4.66. The van der Waals surface area contributed by atoms with Crippen molar-refractivity contribution in [3.8, 4) is 0 Å². The zero-order chi connectivity index (χ0) is 24.4. The summed E-state index contributed by atoms with van der Waals surface area (Å²) >= 11 is 11.8. The first-order valence-corrected chi connectivity index (χ1v) is 10.9. The SMILES string of the molecule is COC(=O)CNC(=O)N1CCCCC1.Cn1ccc(NC(=O)c2c(Cl)cccc2Cl)nc1=O. The van der Waals surface area contributed by atoms with Crippen molar-refractivity contribution in [2.75, 3.05) is 32.1 Å². The van der Waals surface area contributed by atoms with Gasteiger partial charge >= 0.3 is 17.7 Å². The fourth-order valence-electron chi connectivity index (χ4n) is 2.86. The Hall–Kier alpha value is -3.11. The van der Waals surface area contributed by atoms with E-state index in [2.05, 4.69) is 20.4 Å². The van der Waals surface area contributed by atoms with E-state index in [-0.39, 0.29) is 34.0 Å². The molecule has 178 valence electrons. The minimum Gasteiger partial charge on any atom is -0.468 e. The molecule has 12 heteroatoms. The first-order chi connectivity index (χ1) is 15.7. The highest BCUT2D eigenvalue weighted by Gasteiger charge is 2.17. The molecule has 1 aliphatic rings. The Bertz CT molecular complexity index is 1030. The van der Waals surface area contributed by atoms with E-state index in [0.717, 1.165) is 25.9 Å². The van der Waals surface area contributed by atoms with E-state index in [0.29, 0.717) is 0 Å². The van der Waals surface area contributed by atoms with Gasteiger partial charge in [-0.2, -0.15) is 4.98 Å². The lowest BCUT2D eigenvalue weighted by atomic mass is 10.1. The van der Waals surface area contributed by atoms with E-state index < -0.39 is 17.6 Å². The predicted octanol–water partition coefficient (Wildman–Crippen LogP) is 2.69. The van der Waals surface area contributed by atoms with E-state index >= 15 is 0 Å². The summed E-state index contributed by atoms with van der Waals surface area (Å²) in [5.41, 5.74) is -0.323. The molecule has 0 radical (unpaired) electrons. The van der Waals surface area contributed by atoms with Crippen molar-refractivity contribution in [2.45, 2.75) is 19.3 Å². The van der Waals surface area contributed by atoms with Gasteiger partial charge in [0.05, 0.1) is 22.7 Å². The molecule has 0 aliphatic carbocycles. The molecule has 1 aromatic carbocycles. The standard InChI is InChI=1S/C12H9Cl2N3O2.C9H16N2O3/c1-17-6-5-9(16-12(17)19)15-11(18)10-7(13)3-2-4-8(10)14;1-14-8(12)7-10-9(13)11-5-3-2-4-6-11/h2-6H,1H3,(H,15,16,18,19);2-7H2,1H3,(H,10,13). The van der Waals surface area contributed by atoms with Crippen LogP contribution in [0.3, 0.4) is 0 Å². The number of carbonyl (C=O) groups is 3. The molecule has 2 N–H and O–H groups in total. The number of hydrogen-bond donors (Lipinski definition) is 2. The Balaban J connectivity index is 0.000000245. The van der Waals surface area contributed by atoms with Crippen LogP contribution in [0.4, 0.5) is 10.6 Å². The summed E-state index contributed by atoms with van der Waals surface area (Å²) in [4.78, 5) is 50.9.